The van der Waals surface area contributed by atoms with E-state index in [1.807, 2.05) is 23.6 Å². The van der Waals surface area contributed by atoms with E-state index in [0.29, 0.717) is 19.0 Å². The van der Waals surface area contributed by atoms with Gasteiger partial charge in [0.2, 0.25) is 0 Å². The predicted molar refractivity (Wildman–Crippen MR) is 100 cm³/mol. The molecule has 1 aromatic carbocycles. The highest BCUT2D eigenvalue weighted by Crippen LogP contribution is 2.27. The van der Waals surface area contributed by atoms with Crippen molar-refractivity contribution >= 4 is 22.5 Å². The molecule has 0 radical (unpaired) electrons. The fourth-order valence-corrected chi connectivity index (χ4v) is 3.55. The SMILES string of the molecule is Cc1cc(O)ccc1Nc1cc2c(cn1)n(C)c(=O)n2C1CCOCC1. The standard InChI is InChI=1S/C19H22N4O3/c1-12-9-14(24)3-4-15(12)21-18-10-16-17(11-20-18)22(2)19(25)23(16)13-5-7-26-8-6-13/h3-4,9-11,13,24H,5-8H2,1-2H3,(H,20,21). The Labute approximate surface area is 150 Å². The Hall–Kier alpha value is -2.80. The van der Waals surface area contributed by atoms with E-state index in [0.717, 1.165) is 35.1 Å². The van der Waals surface area contributed by atoms with E-state index in [1.165, 1.54) is 0 Å². The number of phenols is 1. The smallest absolute Gasteiger partial charge is 0.329 e. The van der Waals surface area contributed by atoms with Crippen molar-refractivity contribution < 1.29 is 9.84 Å². The number of hydrogen-bond acceptors (Lipinski definition) is 5. The van der Waals surface area contributed by atoms with Crippen molar-refractivity contribution in [2.45, 2.75) is 25.8 Å². The van der Waals surface area contributed by atoms with E-state index >= 15 is 0 Å². The molecule has 0 aliphatic carbocycles. The molecule has 0 unspecified atom stereocenters. The van der Waals surface area contributed by atoms with Gasteiger partial charge < -0.3 is 15.2 Å². The second-order valence-electron chi connectivity index (χ2n) is 6.74. The van der Waals surface area contributed by atoms with Crippen LogP contribution >= 0.6 is 0 Å². The van der Waals surface area contributed by atoms with Gasteiger partial charge in [0.1, 0.15) is 11.6 Å². The highest BCUT2D eigenvalue weighted by atomic mass is 16.5. The predicted octanol–water partition coefficient (Wildman–Crippen LogP) is 2.84. The van der Waals surface area contributed by atoms with Gasteiger partial charge >= 0.3 is 5.69 Å². The fraction of sp³-hybridized carbons (Fsp3) is 0.368. The summed E-state index contributed by atoms with van der Waals surface area (Å²) in [7, 11) is 1.78. The highest BCUT2D eigenvalue weighted by Gasteiger charge is 2.22. The molecule has 2 N–H and O–H groups in total. The van der Waals surface area contributed by atoms with Crippen LogP contribution in [0.4, 0.5) is 11.5 Å². The molecule has 0 amide bonds. The summed E-state index contributed by atoms with van der Waals surface area (Å²) in [5.41, 5.74) is 3.45. The van der Waals surface area contributed by atoms with E-state index in [1.54, 1.807) is 29.9 Å². The number of fused-ring (bicyclic) bond motifs is 1. The van der Waals surface area contributed by atoms with Gasteiger partial charge in [-0.25, -0.2) is 9.78 Å². The molecule has 1 aliphatic rings. The van der Waals surface area contributed by atoms with Gasteiger partial charge in [-0.1, -0.05) is 0 Å². The molecular weight excluding hydrogens is 332 g/mol. The van der Waals surface area contributed by atoms with Gasteiger partial charge in [-0.2, -0.15) is 0 Å². The first kappa shape index (κ1) is 16.7. The Balaban J connectivity index is 1.77. The number of rotatable bonds is 3. The number of pyridine rings is 1. The summed E-state index contributed by atoms with van der Waals surface area (Å²) in [5, 5.41) is 12.8. The van der Waals surface area contributed by atoms with E-state index in [4.69, 9.17) is 4.74 Å². The largest absolute Gasteiger partial charge is 0.508 e. The molecular formula is C19H22N4O3. The van der Waals surface area contributed by atoms with Crippen molar-refractivity contribution in [2.75, 3.05) is 18.5 Å². The molecule has 1 aliphatic heterocycles. The van der Waals surface area contributed by atoms with Gasteiger partial charge in [0.15, 0.2) is 0 Å². The first-order valence-corrected chi connectivity index (χ1v) is 8.76. The lowest BCUT2D eigenvalue weighted by Crippen LogP contribution is -2.29. The molecule has 7 heteroatoms. The van der Waals surface area contributed by atoms with Crippen LogP contribution in [-0.4, -0.2) is 32.4 Å². The summed E-state index contributed by atoms with van der Waals surface area (Å²) >= 11 is 0. The average Bonchev–Trinajstić information content (AvgIpc) is 2.89. The zero-order chi connectivity index (χ0) is 18.3. The Morgan fingerprint density at radius 3 is 2.73 bits per heavy atom. The van der Waals surface area contributed by atoms with E-state index < -0.39 is 0 Å². The first-order valence-electron chi connectivity index (χ1n) is 8.76. The van der Waals surface area contributed by atoms with E-state index in [2.05, 4.69) is 10.3 Å². The summed E-state index contributed by atoms with van der Waals surface area (Å²) in [6, 6.07) is 7.20. The molecule has 4 rings (SSSR count). The number of aromatic hydroxyl groups is 1. The van der Waals surface area contributed by atoms with E-state index in [-0.39, 0.29) is 17.5 Å². The molecule has 1 saturated heterocycles. The van der Waals surface area contributed by atoms with Crippen LogP contribution in [0.15, 0.2) is 35.3 Å². The van der Waals surface area contributed by atoms with Crippen molar-refractivity contribution in [1.82, 2.24) is 14.1 Å². The molecule has 0 bridgehead atoms. The number of nitrogens with zero attached hydrogens (tertiary/aromatic N) is 3. The third-order valence-electron chi connectivity index (χ3n) is 5.00. The normalized spacial score (nSPS) is 15.5. The number of aryl methyl sites for hydroxylation is 2. The second-order valence-corrected chi connectivity index (χ2v) is 6.74. The molecule has 1 fully saturated rings. The molecule has 2 aromatic heterocycles. The molecule has 0 saturated carbocycles. The third-order valence-corrected chi connectivity index (χ3v) is 5.00. The van der Waals surface area contributed by atoms with Crippen LogP contribution in [0.25, 0.3) is 11.0 Å². The summed E-state index contributed by atoms with van der Waals surface area (Å²) in [5.74, 6) is 0.894. The van der Waals surface area contributed by atoms with Crippen LogP contribution < -0.4 is 11.0 Å². The number of nitrogens with one attached hydrogen (secondary N) is 1. The topological polar surface area (TPSA) is 81.3 Å². The second kappa shape index (κ2) is 6.49. The molecule has 3 heterocycles. The lowest BCUT2D eigenvalue weighted by atomic mass is 10.1. The fourth-order valence-electron chi connectivity index (χ4n) is 3.55. The van der Waals surface area contributed by atoms with Gasteiger partial charge in [0, 0.05) is 38.1 Å². The van der Waals surface area contributed by atoms with Gasteiger partial charge in [0.25, 0.3) is 0 Å². The minimum atomic E-state index is -0.0216. The van der Waals surface area contributed by atoms with Gasteiger partial charge in [-0.3, -0.25) is 9.13 Å². The van der Waals surface area contributed by atoms with E-state index in [9.17, 15) is 9.90 Å². The van der Waals surface area contributed by atoms with Crippen molar-refractivity contribution in [2.24, 2.45) is 7.05 Å². The number of benzene rings is 1. The van der Waals surface area contributed by atoms with Crippen LogP contribution in [-0.2, 0) is 11.8 Å². The number of phenolic OH excluding ortho intramolecular Hbond substituents is 1. The van der Waals surface area contributed by atoms with Crippen LogP contribution in [0, 0.1) is 6.92 Å². The number of ether oxygens (including phenoxy) is 1. The zero-order valence-electron chi connectivity index (χ0n) is 14.9. The molecule has 0 spiro atoms. The molecule has 26 heavy (non-hydrogen) atoms. The van der Waals surface area contributed by atoms with Gasteiger partial charge in [0.05, 0.1) is 17.2 Å². The lowest BCUT2D eigenvalue weighted by molar-refractivity contribution is 0.0696. The Kier molecular flexibility index (Phi) is 4.16. The molecule has 0 atom stereocenters. The summed E-state index contributed by atoms with van der Waals surface area (Å²) < 4.78 is 8.95. The van der Waals surface area contributed by atoms with Crippen molar-refractivity contribution in [1.29, 1.82) is 0 Å². The molecule has 136 valence electrons. The maximum Gasteiger partial charge on any atom is 0.329 e. The maximum atomic E-state index is 12.8. The molecule has 7 nitrogen and oxygen atoms in total. The maximum absolute atomic E-state index is 12.8. The minimum absolute atomic E-state index is 0.0216. The number of imidazole rings is 1. The van der Waals surface area contributed by atoms with Crippen molar-refractivity contribution in [3.8, 4) is 5.75 Å². The summed E-state index contributed by atoms with van der Waals surface area (Å²) in [4.78, 5) is 17.2. The monoisotopic (exact) mass is 354 g/mol. The highest BCUT2D eigenvalue weighted by molar-refractivity contribution is 5.79. The quantitative estimate of drug-likeness (QED) is 0.707. The molecule has 3 aromatic rings. The Bertz CT molecular complexity index is 1020. The van der Waals surface area contributed by atoms with Crippen LogP contribution in [0.2, 0.25) is 0 Å². The zero-order valence-corrected chi connectivity index (χ0v) is 14.9. The van der Waals surface area contributed by atoms with Crippen molar-refractivity contribution in [3.63, 3.8) is 0 Å². The Morgan fingerprint density at radius 1 is 1.23 bits per heavy atom. The number of hydrogen-bond donors (Lipinski definition) is 2. The van der Waals surface area contributed by atoms with Crippen LogP contribution in [0.5, 0.6) is 5.75 Å². The number of aromatic nitrogens is 3. The Morgan fingerprint density at radius 2 is 2.00 bits per heavy atom. The summed E-state index contributed by atoms with van der Waals surface area (Å²) in [6.45, 7) is 3.27. The van der Waals surface area contributed by atoms with Crippen LogP contribution in [0.3, 0.4) is 0 Å². The third kappa shape index (κ3) is 2.84. The van der Waals surface area contributed by atoms with Gasteiger partial charge in [-0.05, 0) is 43.5 Å². The minimum Gasteiger partial charge on any atom is -0.508 e. The van der Waals surface area contributed by atoms with Crippen molar-refractivity contribution in [3.05, 3.63) is 46.5 Å². The first-order chi connectivity index (χ1) is 12.5. The lowest BCUT2D eigenvalue weighted by Gasteiger charge is -2.23. The number of anilines is 2. The van der Waals surface area contributed by atoms with Crippen LogP contribution in [0.1, 0.15) is 24.4 Å². The average molecular weight is 354 g/mol. The summed E-state index contributed by atoms with van der Waals surface area (Å²) in [6.07, 6.45) is 3.40. The van der Waals surface area contributed by atoms with Gasteiger partial charge in [-0.15, -0.1) is 0 Å².